The number of nitrogens with two attached hydrogens (primary N) is 1. The van der Waals surface area contributed by atoms with E-state index >= 15 is 0 Å². The zero-order chi connectivity index (χ0) is 14.5. The number of primary amides is 1. The Kier molecular flexibility index (Phi) is 4.15. The van der Waals surface area contributed by atoms with E-state index in [2.05, 4.69) is 5.32 Å². The summed E-state index contributed by atoms with van der Waals surface area (Å²) in [5, 5.41) is 3.22. The first-order chi connectivity index (χ1) is 9.58. The molecular weight excluding hydrogens is 252 g/mol. The molecule has 2 aromatic carbocycles. The number of ketones is 1. The molecule has 3 N–H and O–H groups in total. The van der Waals surface area contributed by atoms with Gasteiger partial charge in [0.25, 0.3) is 0 Å². The maximum Gasteiger partial charge on any atom is 0.248 e. The first-order valence-corrected chi connectivity index (χ1v) is 6.30. The van der Waals surface area contributed by atoms with Crippen LogP contribution in [-0.2, 0) is 6.54 Å². The highest BCUT2D eigenvalue weighted by Crippen LogP contribution is 2.16. The number of carbonyl (C=O) groups is 2. The molecular formula is C16H16N2O2. The van der Waals surface area contributed by atoms with Gasteiger partial charge in [0.2, 0.25) is 5.91 Å². The lowest BCUT2D eigenvalue weighted by Crippen LogP contribution is -2.11. The lowest BCUT2D eigenvalue weighted by atomic mass is 10.1. The van der Waals surface area contributed by atoms with Gasteiger partial charge in [0.05, 0.1) is 0 Å². The van der Waals surface area contributed by atoms with Crippen molar-refractivity contribution < 1.29 is 9.59 Å². The van der Waals surface area contributed by atoms with Gasteiger partial charge in [-0.2, -0.15) is 0 Å². The Morgan fingerprint density at radius 1 is 1.05 bits per heavy atom. The highest BCUT2D eigenvalue weighted by molar-refractivity contribution is 5.99. The average Bonchev–Trinajstić information content (AvgIpc) is 2.45. The topological polar surface area (TPSA) is 72.2 Å². The van der Waals surface area contributed by atoms with Gasteiger partial charge in [0.1, 0.15) is 0 Å². The molecule has 0 bridgehead atoms. The van der Waals surface area contributed by atoms with Crippen LogP contribution < -0.4 is 11.1 Å². The second-order valence-electron chi connectivity index (χ2n) is 4.52. The molecule has 4 heteroatoms. The number of carbonyl (C=O) groups excluding carboxylic acids is 2. The first-order valence-electron chi connectivity index (χ1n) is 6.30. The highest BCUT2D eigenvalue weighted by Gasteiger charge is 2.06. The molecule has 0 saturated heterocycles. The van der Waals surface area contributed by atoms with Crippen molar-refractivity contribution in [3.63, 3.8) is 0 Å². The van der Waals surface area contributed by atoms with Crippen LogP contribution in [0.4, 0.5) is 5.69 Å². The third-order valence-electron chi connectivity index (χ3n) is 3.03. The molecule has 0 unspecified atom stereocenters. The lowest BCUT2D eigenvalue weighted by molar-refractivity contribution is 0.0996. The second-order valence-corrected chi connectivity index (χ2v) is 4.52. The average molecular weight is 268 g/mol. The quantitative estimate of drug-likeness (QED) is 0.819. The van der Waals surface area contributed by atoms with E-state index in [9.17, 15) is 9.59 Å². The Morgan fingerprint density at radius 3 is 2.30 bits per heavy atom. The van der Waals surface area contributed by atoms with E-state index in [1.165, 1.54) is 0 Å². The van der Waals surface area contributed by atoms with E-state index in [0.717, 1.165) is 11.3 Å². The van der Waals surface area contributed by atoms with Crippen molar-refractivity contribution in [1.82, 2.24) is 0 Å². The number of benzene rings is 2. The lowest BCUT2D eigenvalue weighted by Gasteiger charge is -2.10. The molecule has 2 aromatic rings. The number of nitrogens with one attached hydrogen (secondary N) is 1. The number of rotatable bonds is 5. The molecule has 0 aliphatic heterocycles. The summed E-state index contributed by atoms with van der Waals surface area (Å²) in [4.78, 5) is 22.5. The largest absolute Gasteiger partial charge is 0.380 e. The van der Waals surface area contributed by atoms with E-state index in [0.29, 0.717) is 17.7 Å². The molecule has 0 aliphatic carbocycles. The van der Waals surface area contributed by atoms with Crippen LogP contribution >= 0.6 is 0 Å². The van der Waals surface area contributed by atoms with Gasteiger partial charge in [-0.1, -0.05) is 24.3 Å². The van der Waals surface area contributed by atoms with Gasteiger partial charge in [0, 0.05) is 23.4 Å². The van der Waals surface area contributed by atoms with Crippen molar-refractivity contribution in [1.29, 1.82) is 0 Å². The van der Waals surface area contributed by atoms with Crippen molar-refractivity contribution in [3.05, 3.63) is 65.2 Å². The predicted molar refractivity (Wildman–Crippen MR) is 78.7 cm³/mol. The zero-order valence-corrected chi connectivity index (χ0v) is 11.2. The van der Waals surface area contributed by atoms with Crippen LogP contribution in [0.5, 0.6) is 0 Å². The molecule has 0 atom stereocenters. The SMILES string of the molecule is CC(=O)c1ccccc1NCc1ccc(C(N)=O)cc1. The molecule has 4 nitrogen and oxygen atoms in total. The van der Waals surface area contributed by atoms with Crippen molar-refractivity contribution >= 4 is 17.4 Å². The molecule has 20 heavy (non-hydrogen) atoms. The van der Waals surface area contributed by atoms with E-state index in [4.69, 9.17) is 5.73 Å². The van der Waals surface area contributed by atoms with Crippen molar-refractivity contribution in [2.45, 2.75) is 13.5 Å². The first kappa shape index (κ1) is 13.8. The van der Waals surface area contributed by atoms with Gasteiger partial charge < -0.3 is 11.1 Å². The molecule has 0 radical (unpaired) electrons. The summed E-state index contributed by atoms with van der Waals surface area (Å²) < 4.78 is 0. The van der Waals surface area contributed by atoms with Crippen LogP contribution in [0.3, 0.4) is 0 Å². The minimum atomic E-state index is -0.438. The molecule has 2 rings (SSSR count). The van der Waals surface area contributed by atoms with E-state index < -0.39 is 5.91 Å². The normalized spacial score (nSPS) is 10.1. The van der Waals surface area contributed by atoms with Gasteiger partial charge in [-0.3, -0.25) is 9.59 Å². The van der Waals surface area contributed by atoms with Gasteiger partial charge in [0.15, 0.2) is 5.78 Å². The van der Waals surface area contributed by atoms with Crippen molar-refractivity contribution in [3.8, 4) is 0 Å². The van der Waals surface area contributed by atoms with Crippen LogP contribution in [0.1, 0.15) is 33.2 Å². The fraction of sp³-hybridized carbons (Fsp3) is 0.125. The summed E-state index contributed by atoms with van der Waals surface area (Å²) in [6, 6.07) is 14.4. The fourth-order valence-corrected chi connectivity index (χ4v) is 1.93. The Morgan fingerprint density at radius 2 is 1.70 bits per heavy atom. The van der Waals surface area contributed by atoms with Gasteiger partial charge in [-0.05, 0) is 36.8 Å². The van der Waals surface area contributed by atoms with Crippen LogP contribution in [-0.4, -0.2) is 11.7 Å². The summed E-state index contributed by atoms with van der Waals surface area (Å²) >= 11 is 0. The minimum absolute atomic E-state index is 0.0252. The number of amides is 1. The Labute approximate surface area is 117 Å². The van der Waals surface area contributed by atoms with Crippen molar-refractivity contribution in [2.24, 2.45) is 5.73 Å². The molecule has 0 fully saturated rings. The molecule has 0 heterocycles. The summed E-state index contributed by atoms with van der Waals surface area (Å²) in [6.45, 7) is 2.12. The van der Waals surface area contributed by atoms with Crippen LogP contribution in [0.15, 0.2) is 48.5 Å². The van der Waals surface area contributed by atoms with E-state index in [1.807, 2.05) is 30.3 Å². The smallest absolute Gasteiger partial charge is 0.248 e. The maximum absolute atomic E-state index is 11.5. The van der Waals surface area contributed by atoms with Crippen LogP contribution in [0.2, 0.25) is 0 Å². The molecule has 0 aliphatic rings. The summed E-state index contributed by atoms with van der Waals surface area (Å²) in [6.07, 6.45) is 0. The molecule has 0 spiro atoms. The summed E-state index contributed by atoms with van der Waals surface area (Å²) in [5.41, 5.74) is 8.15. The number of anilines is 1. The van der Waals surface area contributed by atoms with Crippen LogP contribution in [0, 0.1) is 0 Å². The third-order valence-corrected chi connectivity index (χ3v) is 3.03. The number of hydrogen-bond donors (Lipinski definition) is 2. The van der Waals surface area contributed by atoms with Gasteiger partial charge in [-0.25, -0.2) is 0 Å². The Bertz CT molecular complexity index is 633. The predicted octanol–water partition coefficient (Wildman–Crippen LogP) is 2.60. The molecule has 0 saturated carbocycles. The molecule has 102 valence electrons. The molecule has 0 aromatic heterocycles. The number of Topliss-reactive ketones (excluding diaryl/α,β-unsaturated/α-hetero) is 1. The monoisotopic (exact) mass is 268 g/mol. The maximum atomic E-state index is 11.5. The van der Waals surface area contributed by atoms with Gasteiger partial charge >= 0.3 is 0 Å². The summed E-state index contributed by atoms with van der Waals surface area (Å²) in [7, 11) is 0. The Balaban J connectivity index is 2.09. The zero-order valence-electron chi connectivity index (χ0n) is 11.2. The number of hydrogen-bond acceptors (Lipinski definition) is 3. The Hall–Kier alpha value is -2.62. The highest BCUT2D eigenvalue weighted by atomic mass is 16.1. The summed E-state index contributed by atoms with van der Waals surface area (Å²) in [5.74, 6) is -0.413. The van der Waals surface area contributed by atoms with E-state index in [1.54, 1.807) is 25.1 Å². The molecule has 1 amide bonds. The number of para-hydroxylation sites is 1. The third kappa shape index (κ3) is 3.23. The fourth-order valence-electron chi connectivity index (χ4n) is 1.93. The van der Waals surface area contributed by atoms with E-state index in [-0.39, 0.29) is 5.78 Å². The van der Waals surface area contributed by atoms with Crippen molar-refractivity contribution in [2.75, 3.05) is 5.32 Å². The van der Waals surface area contributed by atoms with Gasteiger partial charge in [-0.15, -0.1) is 0 Å². The van der Waals surface area contributed by atoms with Crippen LogP contribution in [0.25, 0.3) is 0 Å². The minimum Gasteiger partial charge on any atom is -0.380 e. The second kappa shape index (κ2) is 6.02. The standard InChI is InChI=1S/C16H16N2O2/c1-11(19)14-4-2-3-5-15(14)18-10-12-6-8-13(9-7-12)16(17)20/h2-9,18H,10H2,1H3,(H2,17,20).